The summed E-state index contributed by atoms with van der Waals surface area (Å²) in [5, 5.41) is 11.7. The molecule has 0 amide bonds. The molecule has 29 heavy (non-hydrogen) atoms. The standard InChI is InChI=1S/C23H18FN3O2/c1-15(28)16-9-13-20(14-10-16)25-21(17-7-11-19(24)12-8-17)23-27-26-22(29-23)18-5-3-2-4-6-18/h2-14,21,25H,1H3/t21-/m1/s1. The van der Waals surface area contributed by atoms with Gasteiger partial charge in [0.1, 0.15) is 11.9 Å². The van der Waals surface area contributed by atoms with E-state index >= 15 is 0 Å². The summed E-state index contributed by atoms with van der Waals surface area (Å²) in [6.45, 7) is 1.52. The summed E-state index contributed by atoms with van der Waals surface area (Å²) < 4.78 is 19.3. The van der Waals surface area contributed by atoms with Crippen LogP contribution in [0.1, 0.15) is 34.8 Å². The van der Waals surface area contributed by atoms with E-state index in [1.807, 2.05) is 42.5 Å². The minimum absolute atomic E-state index is 0.00367. The van der Waals surface area contributed by atoms with Crippen LogP contribution in [0.3, 0.4) is 0 Å². The fourth-order valence-electron chi connectivity index (χ4n) is 2.96. The largest absolute Gasteiger partial charge is 0.418 e. The lowest BCUT2D eigenvalue weighted by Gasteiger charge is -2.17. The van der Waals surface area contributed by atoms with Crippen molar-refractivity contribution in [2.45, 2.75) is 13.0 Å². The Morgan fingerprint density at radius 1 is 0.931 bits per heavy atom. The number of carbonyl (C=O) groups is 1. The van der Waals surface area contributed by atoms with Crippen LogP contribution in [0, 0.1) is 5.82 Å². The highest BCUT2D eigenvalue weighted by Crippen LogP contribution is 2.28. The maximum atomic E-state index is 13.4. The number of rotatable bonds is 6. The van der Waals surface area contributed by atoms with E-state index in [1.54, 1.807) is 24.3 Å². The van der Waals surface area contributed by atoms with E-state index in [-0.39, 0.29) is 11.6 Å². The van der Waals surface area contributed by atoms with Gasteiger partial charge in [-0.25, -0.2) is 4.39 Å². The molecule has 1 atom stereocenters. The van der Waals surface area contributed by atoms with Crippen LogP contribution in [-0.2, 0) is 0 Å². The molecule has 1 N–H and O–H groups in total. The molecule has 0 unspecified atom stereocenters. The van der Waals surface area contributed by atoms with E-state index in [4.69, 9.17) is 4.42 Å². The highest BCUT2D eigenvalue weighted by molar-refractivity contribution is 5.94. The van der Waals surface area contributed by atoms with Crippen molar-refractivity contribution < 1.29 is 13.6 Å². The van der Waals surface area contributed by atoms with E-state index in [0.717, 1.165) is 16.8 Å². The van der Waals surface area contributed by atoms with Crippen molar-refractivity contribution in [3.63, 3.8) is 0 Å². The summed E-state index contributed by atoms with van der Waals surface area (Å²) in [5.74, 6) is 0.428. The second-order valence-corrected chi connectivity index (χ2v) is 6.57. The second kappa shape index (κ2) is 8.06. The molecule has 0 aliphatic heterocycles. The fourth-order valence-corrected chi connectivity index (χ4v) is 2.96. The lowest BCUT2D eigenvalue weighted by atomic mass is 10.1. The van der Waals surface area contributed by atoms with E-state index in [1.165, 1.54) is 19.1 Å². The predicted molar refractivity (Wildman–Crippen MR) is 108 cm³/mol. The molecule has 4 aromatic rings. The summed E-state index contributed by atoms with van der Waals surface area (Å²) in [5.41, 5.74) is 2.97. The van der Waals surface area contributed by atoms with Crippen LogP contribution in [0.5, 0.6) is 0 Å². The van der Waals surface area contributed by atoms with Crippen LogP contribution in [0.4, 0.5) is 10.1 Å². The monoisotopic (exact) mass is 387 g/mol. The molecule has 0 fully saturated rings. The molecule has 0 saturated carbocycles. The maximum absolute atomic E-state index is 13.4. The third-order valence-electron chi connectivity index (χ3n) is 4.51. The van der Waals surface area contributed by atoms with Crippen molar-refractivity contribution >= 4 is 11.5 Å². The van der Waals surface area contributed by atoms with Gasteiger partial charge in [-0.05, 0) is 61.0 Å². The van der Waals surface area contributed by atoms with Gasteiger partial charge in [0.15, 0.2) is 5.78 Å². The summed E-state index contributed by atoms with van der Waals surface area (Å²) in [6.07, 6.45) is 0. The minimum atomic E-state index is -0.483. The topological polar surface area (TPSA) is 68.0 Å². The molecule has 144 valence electrons. The molecule has 0 bridgehead atoms. The Kier molecular flexibility index (Phi) is 5.16. The van der Waals surface area contributed by atoms with Gasteiger partial charge in [-0.15, -0.1) is 10.2 Å². The smallest absolute Gasteiger partial charge is 0.247 e. The summed E-state index contributed by atoms with van der Waals surface area (Å²) in [4.78, 5) is 11.5. The number of hydrogen-bond acceptors (Lipinski definition) is 5. The molecule has 0 aliphatic carbocycles. The molecular weight excluding hydrogens is 369 g/mol. The number of nitrogens with zero attached hydrogens (tertiary/aromatic N) is 2. The highest BCUT2D eigenvalue weighted by atomic mass is 19.1. The lowest BCUT2D eigenvalue weighted by molar-refractivity contribution is 0.101. The third-order valence-corrected chi connectivity index (χ3v) is 4.51. The van der Waals surface area contributed by atoms with Crippen LogP contribution >= 0.6 is 0 Å². The molecule has 1 heterocycles. The van der Waals surface area contributed by atoms with Crippen molar-refractivity contribution in [3.05, 3.63) is 102 Å². The van der Waals surface area contributed by atoms with Crippen LogP contribution in [0.15, 0.2) is 83.3 Å². The van der Waals surface area contributed by atoms with Crippen molar-refractivity contribution in [3.8, 4) is 11.5 Å². The normalized spacial score (nSPS) is 11.8. The number of benzene rings is 3. The van der Waals surface area contributed by atoms with Crippen molar-refractivity contribution in [1.82, 2.24) is 10.2 Å². The highest BCUT2D eigenvalue weighted by Gasteiger charge is 2.22. The third kappa shape index (κ3) is 4.21. The quantitative estimate of drug-likeness (QED) is 0.456. The van der Waals surface area contributed by atoms with Gasteiger partial charge in [-0.1, -0.05) is 30.3 Å². The molecule has 5 nitrogen and oxygen atoms in total. The minimum Gasteiger partial charge on any atom is -0.418 e. The molecule has 0 saturated heterocycles. The molecular formula is C23H18FN3O2. The summed E-state index contributed by atoms with van der Waals surface area (Å²) >= 11 is 0. The lowest BCUT2D eigenvalue weighted by Crippen LogP contribution is -2.13. The van der Waals surface area contributed by atoms with Crippen LogP contribution in [-0.4, -0.2) is 16.0 Å². The summed E-state index contributed by atoms with van der Waals surface area (Å²) in [6, 6.07) is 22.2. The molecule has 4 rings (SSSR count). The van der Waals surface area contributed by atoms with E-state index < -0.39 is 6.04 Å². The number of hydrogen-bond donors (Lipinski definition) is 1. The van der Waals surface area contributed by atoms with Gasteiger partial charge < -0.3 is 9.73 Å². The van der Waals surface area contributed by atoms with Gasteiger partial charge in [0, 0.05) is 16.8 Å². The first-order valence-corrected chi connectivity index (χ1v) is 9.12. The van der Waals surface area contributed by atoms with Crippen LogP contribution in [0.2, 0.25) is 0 Å². The average molecular weight is 387 g/mol. The number of aromatic nitrogens is 2. The van der Waals surface area contributed by atoms with Crippen LogP contribution in [0.25, 0.3) is 11.5 Å². The molecule has 0 radical (unpaired) electrons. The number of Topliss-reactive ketones (excluding diaryl/α,β-unsaturated/α-hetero) is 1. The van der Waals surface area contributed by atoms with Gasteiger partial charge in [-0.3, -0.25) is 4.79 Å². The average Bonchev–Trinajstić information content (AvgIpc) is 3.24. The number of anilines is 1. The first-order chi connectivity index (χ1) is 14.1. The second-order valence-electron chi connectivity index (χ2n) is 6.57. The number of ketones is 1. The summed E-state index contributed by atoms with van der Waals surface area (Å²) in [7, 11) is 0. The Labute approximate surface area is 167 Å². The predicted octanol–water partition coefficient (Wildman–Crippen LogP) is 5.28. The molecule has 1 aromatic heterocycles. The van der Waals surface area contributed by atoms with Crippen molar-refractivity contribution in [2.24, 2.45) is 0 Å². The SMILES string of the molecule is CC(=O)c1ccc(N[C@H](c2ccc(F)cc2)c2nnc(-c3ccccc3)o2)cc1. The van der Waals surface area contributed by atoms with E-state index in [0.29, 0.717) is 17.3 Å². The Morgan fingerprint density at radius 3 is 2.28 bits per heavy atom. The zero-order valence-electron chi connectivity index (χ0n) is 15.7. The fraction of sp³-hybridized carbons (Fsp3) is 0.0870. The Morgan fingerprint density at radius 2 is 1.62 bits per heavy atom. The molecule has 6 heteroatoms. The molecule has 3 aromatic carbocycles. The Balaban J connectivity index is 1.68. The first kappa shape index (κ1) is 18.6. The Bertz CT molecular complexity index is 1110. The van der Waals surface area contributed by atoms with E-state index in [2.05, 4.69) is 15.5 Å². The maximum Gasteiger partial charge on any atom is 0.247 e. The molecule has 0 aliphatic rings. The number of nitrogens with one attached hydrogen (secondary N) is 1. The van der Waals surface area contributed by atoms with Gasteiger partial charge in [0.25, 0.3) is 0 Å². The Hall–Kier alpha value is -3.80. The van der Waals surface area contributed by atoms with Crippen molar-refractivity contribution in [2.75, 3.05) is 5.32 Å². The van der Waals surface area contributed by atoms with Gasteiger partial charge in [-0.2, -0.15) is 0 Å². The van der Waals surface area contributed by atoms with Gasteiger partial charge in [0.2, 0.25) is 11.8 Å². The number of halogens is 1. The zero-order chi connectivity index (χ0) is 20.2. The van der Waals surface area contributed by atoms with Crippen LogP contribution < -0.4 is 5.32 Å². The first-order valence-electron chi connectivity index (χ1n) is 9.12. The molecule has 0 spiro atoms. The zero-order valence-corrected chi connectivity index (χ0v) is 15.7. The van der Waals surface area contributed by atoms with E-state index in [9.17, 15) is 9.18 Å². The van der Waals surface area contributed by atoms with Gasteiger partial charge in [0.05, 0.1) is 0 Å². The van der Waals surface area contributed by atoms with Crippen molar-refractivity contribution in [1.29, 1.82) is 0 Å². The number of carbonyl (C=O) groups excluding carboxylic acids is 1. The van der Waals surface area contributed by atoms with Gasteiger partial charge >= 0.3 is 0 Å².